The summed E-state index contributed by atoms with van der Waals surface area (Å²) in [6.45, 7) is 2.76. The van der Waals surface area contributed by atoms with E-state index < -0.39 is 0 Å². The Morgan fingerprint density at radius 1 is 1.47 bits per heavy atom. The van der Waals surface area contributed by atoms with Gasteiger partial charge >= 0.3 is 0 Å². The Balaban J connectivity index is 1.92. The topological polar surface area (TPSA) is 76.7 Å². The molecule has 90 valence electrons. The zero-order valence-corrected chi connectivity index (χ0v) is 11.7. The van der Waals surface area contributed by atoms with Crippen LogP contribution in [0.4, 0.5) is 11.6 Å². The Kier molecular flexibility index (Phi) is 3.90. The smallest absolute Gasteiger partial charge is 0.145 e. The van der Waals surface area contributed by atoms with E-state index >= 15 is 0 Å². The predicted molar refractivity (Wildman–Crippen MR) is 73.2 cm³/mol. The van der Waals surface area contributed by atoms with Crippen molar-refractivity contribution in [1.82, 2.24) is 15.0 Å². The van der Waals surface area contributed by atoms with Gasteiger partial charge in [-0.3, -0.25) is 0 Å². The van der Waals surface area contributed by atoms with Crippen molar-refractivity contribution in [3.63, 3.8) is 0 Å². The number of halogens is 1. The molecule has 2 rings (SSSR count). The molecule has 0 bridgehead atoms. The number of aryl methyl sites for hydroxylation is 1. The molecule has 0 aliphatic rings. The van der Waals surface area contributed by atoms with Gasteiger partial charge in [-0.25, -0.2) is 15.0 Å². The summed E-state index contributed by atoms with van der Waals surface area (Å²) in [5.41, 5.74) is 6.73. The number of rotatable bonds is 4. The molecule has 0 amide bonds. The number of aromatic nitrogens is 3. The lowest BCUT2D eigenvalue weighted by Gasteiger charge is -2.06. The van der Waals surface area contributed by atoms with Crippen molar-refractivity contribution in [3.05, 3.63) is 26.9 Å². The van der Waals surface area contributed by atoms with E-state index in [0.29, 0.717) is 16.1 Å². The molecule has 0 saturated heterocycles. The molecule has 0 fully saturated rings. The van der Waals surface area contributed by atoms with Crippen molar-refractivity contribution in [1.29, 1.82) is 0 Å². The van der Waals surface area contributed by atoms with Crippen molar-refractivity contribution in [3.8, 4) is 0 Å². The fourth-order valence-electron chi connectivity index (χ4n) is 1.31. The Morgan fingerprint density at radius 3 is 3.00 bits per heavy atom. The van der Waals surface area contributed by atoms with E-state index in [2.05, 4.69) is 36.2 Å². The van der Waals surface area contributed by atoms with Crippen LogP contribution in [0, 0.1) is 6.92 Å². The van der Waals surface area contributed by atoms with E-state index in [9.17, 15) is 0 Å². The summed E-state index contributed by atoms with van der Waals surface area (Å²) in [6, 6.07) is 0. The number of nitrogens with zero attached hydrogens (tertiary/aromatic N) is 3. The van der Waals surface area contributed by atoms with Gasteiger partial charge in [0.25, 0.3) is 0 Å². The monoisotopic (exact) mass is 313 g/mol. The minimum atomic E-state index is 0.438. The maximum Gasteiger partial charge on any atom is 0.145 e. The standard InChI is InChI=1S/C10H12BrN5S/c1-6-4-17-7(16-6)2-3-13-10-8(11)9(12)14-5-15-10/h4-5H,2-3H2,1H3,(H3,12,13,14,15). The van der Waals surface area contributed by atoms with Crippen LogP contribution in [0.3, 0.4) is 0 Å². The largest absolute Gasteiger partial charge is 0.383 e. The molecule has 0 atom stereocenters. The number of anilines is 2. The van der Waals surface area contributed by atoms with Crippen LogP contribution in [0.1, 0.15) is 10.7 Å². The Hall–Kier alpha value is -1.21. The highest BCUT2D eigenvalue weighted by Crippen LogP contribution is 2.23. The van der Waals surface area contributed by atoms with Crippen molar-refractivity contribution in [2.75, 3.05) is 17.6 Å². The van der Waals surface area contributed by atoms with Gasteiger partial charge < -0.3 is 11.1 Å². The van der Waals surface area contributed by atoms with E-state index in [0.717, 1.165) is 23.7 Å². The Morgan fingerprint density at radius 2 is 2.29 bits per heavy atom. The van der Waals surface area contributed by atoms with Gasteiger partial charge in [-0.05, 0) is 22.9 Å². The second-order valence-electron chi connectivity index (χ2n) is 3.48. The summed E-state index contributed by atoms with van der Waals surface area (Å²) in [4.78, 5) is 12.4. The third kappa shape index (κ3) is 3.13. The average Bonchev–Trinajstić information content (AvgIpc) is 2.70. The highest BCUT2D eigenvalue weighted by molar-refractivity contribution is 9.10. The molecule has 0 saturated carbocycles. The molecule has 17 heavy (non-hydrogen) atoms. The van der Waals surface area contributed by atoms with Crippen LogP contribution in [0.25, 0.3) is 0 Å². The van der Waals surface area contributed by atoms with Gasteiger partial charge in [0.1, 0.15) is 22.4 Å². The molecule has 3 N–H and O–H groups in total. The first-order valence-electron chi connectivity index (χ1n) is 5.07. The summed E-state index contributed by atoms with van der Waals surface area (Å²) in [6.07, 6.45) is 2.31. The SMILES string of the molecule is Cc1csc(CCNc2ncnc(N)c2Br)n1. The fourth-order valence-corrected chi connectivity index (χ4v) is 2.43. The number of nitrogens with two attached hydrogens (primary N) is 1. The average molecular weight is 314 g/mol. The molecule has 2 heterocycles. The number of nitrogens with one attached hydrogen (secondary N) is 1. The van der Waals surface area contributed by atoms with E-state index in [1.807, 2.05) is 12.3 Å². The van der Waals surface area contributed by atoms with Gasteiger partial charge in [0, 0.05) is 24.0 Å². The molecule has 2 aromatic heterocycles. The van der Waals surface area contributed by atoms with Crippen molar-refractivity contribution < 1.29 is 0 Å². The summed E-state index contributed by atoms with van der Waals surface area (Å²) in [5.74, 6) is 1.15. The number of nitrogen functional groups attached to an aromatic ring is 1. The van der Waals surface area contributed by atoms with Crippen LogP contribution >= 0.6 is 27.3 Å². The second-order valence-corrected chi connectivity index (χ2v) is 5.22. The van der Waals surface area contributed by atoms with Crippen LogP contribution < -0.4 is 11.1 Å². The zero-order valence-electron chi connectivity index (χ0n) is 9.27. The molecule has 0 aromatic carbocycles. The molecule has 5 nitrogen and oxygen atoms in total. The zero-order chi connectivity index (χ0) is 12.3. The first kappa shape index (κ1) is 12.3. The third-order valence-electron chi connectivity index (χ3n) is 2.11. The predicted octanol–water partition coefficient (Wildman–Crippen LogP) is 2.24. The van der Waals surface area contributed by atoms with Gasteiger partial charge in [-0.1, -0.05) is 0 Å². The maximum absolute atomic E-state index is 5.66. The highest BCUT2D eigenvalue weighted by atomic mass is 79.9. The summed E-state index contributed by atoms with van der Waals surface area (Å²) >= 11 is 5.02. The second kappa shape index (κ2) is 5.42. The van der Waals surface area contributed by atoms with Crippen LogP contribution in [0.15, 0.2) is 16.2 Å². The number of hydrogen-bond donors (Lipinski definition) is 2. The van der Waals surface area contributed by atoms with Crippen molar-refractivity contribution >= 4 is 38.9 Å². The quantitative estimate of drug-likeness (QED) is 0.905. The Bertz CT molecular complexity index is 513. The molecule has 0 aliphatic carbocycles. The lowest BCUT2D eigenvalue weighted by Crippen LogP contribution is -2.08. The highest BCUT2D eigenvalue weighted by Gasteiger charge is 2.05. The fraction of sp³-hybridized carbons (Fsp3) is 0.300. The molecule has 0 unspecified atom stereocenters. The number of hydrogen-bond acceptors (Lipinski definition) is 6. The number of thiazole rings is 1. The molecular formula is C10H12BrN5S. The van der Waals surface area contributed by atoms with E-state index in [-0.39, 0.29) is 0 Å². The van der Waals surface area contributed by atoms with Crippen LogP contribution in [-0.2, 0) is 6.42 Å². The van der Waals surface area contributed by atoms with E-state index in [4.69, 9.17) is 5.73 Å². The van der Waals surface area contributed by atoms with Gasteiger partial charge in [-0.15, -0.1) is 11.3 Å². The normalized spacial score (nSPS) is 10.5. The molecule has 0 spiro atoms. The van der Waals surface area contributed by atoms with E-state index in [1.54, 1.807) is 11.3 Å². The molecule has 0 radical (unpaired) electrons. The lowest BCUT2D eigenvalue weighted by molar-refractivity contribution is 0.972. The van der Waals surface area contributed by atoms with Crippen LogP contribution in [0.5, 0.6) is 0 Å². The van der Waals surface area contributed by atoms with Crippen LogP contribution in [-0.4, -0.2) is 21.5 Å². The summed E-state index contributed by atoms with van der Waals surface area (Å²) < 4.78 is 0.704. The van der Waals surface area contributed by atoms with Crippen molar-refractivity contribution in [2.24, 2.45) is 0 Å². The van der Waals surface area contributed by atoms with Gasteiger partial charge in [0.15, 0.2) is 0 Å². The first-order valence-corrected chi connectivity index (χ1v) is 6.75. The van der Waals surface area contributed by atoms with E-state index in [1.165, 1.54) is 6.33 Å². The minimum absolute atomic E-state index is 0.438. The summed E-state index contributed by atoms with van der Waals surface area (Å²) in [7, 11) is 0. The molecular weight excluding hydrogens is 302 g/mol. The first-order chi connectivity index (χ1) is 8.16. The Labute approximate surface area is 112 Å². The lowest BCUT2D eigenvalue weighted by atomic mass is 10.4. The molecule has 0 aliphatic heterocycles. The summed E-state index contributed by atoms with van der Waals surface area (Å²) in [5, 5.41) is 6.37. The van der Waals surface area contributed by atoms with Gasteiger partial charge in [0.2, 0.25) is 0 Å². The van der Waals surface area contributed by atoms with Crippen molar-refractivity contribution in [2.45, 2.75) is 13.3 Å². The van der Waals surface area contributed by atoms with Gasteiger partial charge in [0.05, 0.1) is 5.01 Å². The van der Waals surface area contributed by atoms with Gasteiger partial charge in [-0.2, -0.15) is 0 Å². The molecule has 7 heteroatoms. The third-order valence-corrected chi connectivity index (χ3v) is 3.92. The molecule has 2 aromatic rings. The maximum atomic E-state index is 5.66. The minimum Gasteiger partial charge on any atom is -0.383 e. The van der Waals surface area contributed by atoms with Crippen LogP contribution in [0.2, 0.25) is 0 Å².